The van der Waals surface area contributed by atoms with Gasteiger partial charge in [0.25, 0.3) is 11.5 Å². The van der Waals surface area contributed by atoms with Gasteiger partial charge in [0, 0.05) is 24.6 Å². The van der Waals surface area contributed by atoms with Gasteiger partial charge in [-0.1, -0.05) is 0 Å². The molecule has 1 fully saturated rings. The van der Waals surface area contributed by atoms with Gasteiger partial charge >= 0.3 is 0 Å². The molecule has 0 aliphatic carbocycles. The van der Waals surface area contributed by atoms with Gasteiger partial charge in [-0.2, -0.15) is 0 Å². The molecule has 7 heteroatoms. The van der Waals surface area contributed by atoms with Gasteiger partial charge in [0.15, 0.2) is 0 Å². The molecule has 2 N–H and O–H groups in total. The minimum absolute atomic E-state index is 0.0562. The molecule has 1 aliphatic heterocycles. The predicted octanol–water partition coefficient (Wildman–Crippen LogP) is 2.37. The summed E-state index contributed by atoms with van der Waals surface area (Å²) >= 11 is 0. The van der Waals surface area contributed by atoms with Crippen molar-refractivity contribution in [2.24, 2.45) is 0 Å². The smallest absolute Gasteiger partial charge is 0.267 e. The van der Waals surface area contributed by atoms with E-state index in [4.69, 9.17) is 4.74 Å². The number of aromatic nitrogens is 2. The Bertz CT molecular complexity index is 1000. The number of hydrogen-bond acceptors (Lipinski definition) is 3. The lowest BCUT2D eigenvalue weighted by atomic mass is 10.2. The number of fused-ring (bicyclic) bond motifs is 1. The van der Waals surface area contributed by atoms with Gasteiger partial charge in [-0.05, 0) is 49.2 Å². The maximum absolute atomic E-state index is 13.2. The second kappa shape index (κ2) is 6.76. The molecule has 1 amide bonds. The zero-order chi connectivity index (χ0) is 18.1. The fraction of sp³-hybridized carbons (Fsp3) is 0.263. The highest BCUT2D eigenvalue weighted by Crippen LogP contribution is 2.18. The zero-order valence-electron chi connectivity index (χ0n) is 14.0. The van der Waals surface area contributed by atoms with Crippen LogP contribution in [-0.2, 0) is 4.74 Å². The van der Waals surface area contributed by atoms with Crippen LogP contribution in [0, 0.1) is 5.82 Å². The van der Waals surface area contributed by atoms with Crippen LogP contribution in [0.2, 0.25) is 0 Å². The summed E-state index contributed by atoms with van der Waals surface area (Å²) in [5, 5.41) is 3.57. The average Bonchev–Trinajstić information content (AvgIpc) is 3.30. The van der Waals surface area contributed by atoms with Crippen LogP contribution in [0.1, 0.15) is 23.3 Å². The summed E-state index contributed by atoms with van der Waals surface area (Å²) in [6.45, 7) is 1.19. The largest absolute Gasteiger partial charge is 0.376 e. The Morgan fingerprint density at radius 1 is 1.27 bits per heavy atom. The van der Waals surface area contributed by atoms with Crippen molar-refractivity contribution in [2.45, 2.75) is 18.9 Å². The van der Waals surface area contributed by atoms with Crippen LogP contribution in [0.25, 0.3) is 16.7 Å². The van der Waals surface area contributed by atoms with Gasteiger partial charge in [0.05, 0.1) is 11.8 Å². The van der Waals surface area contributed by atoms with Gasteiger partial charge in [-0.3, -0.25) is 14.2 Å². The quantitative estimate of drug-likeness (QED) is 0.754. The Morgan fingerprint density at radius 2 is 2.08 bits per heavy atom. The molecule has 6 nitrogen and oxygen atoms in total. The van der Waals surface area contributed by atoms with E-state index in [1.54, 1.807) is 12.1 Å². The number of aromatic amines is 1. The van der Waals surface area contributed by atoms with Crippen molar-refractivity contribution in [3.05, 3.63) is 64.3 Å². The summed E-state index contributed by atoms with van der Waals surface area (Å²) in [5.74, 6) is -0.635. The second-order valence-corrected chi connectivity index (χ2v) is 6.32. The molecule has 1 aliphatic rings. The first-order valence-electron chi connectivity index (χ1n) is 8.52. The number of pyridine rings is 1. The number of amides is 1. The maximum Gasteiger partial charge on any atom is 0.267 e. The van der Waals surface area contributed by atoms with E-state index in [9.17, 15) is 14.0 Å². The number of nitrogens with one attached hydrogen (secondary N) is 2. The molecule has 26 heavy (non-hydrogen) atoms. The monoisotopic (exact) mass is 355 g/mol. The summed E-state index contributed by atoms with van der Waals surface area (Å²) in [4.78, 5) is 27.8. The molecule has 4 rings (SSSR count). The van der Waals surface area contributed by atoms with Gasteiger partial charge in [0.1, 0.15) is 17.2 Å². The van der Waals surface area contributed by atoms with Gasteiger partial charge in [-0.25, -0.2) is 4.39 Å². The number of benzene rings is 1. The topological polar surface area (TPSA) is 76.1 Å². The lowest BCUT2D eigenvalue weighted by Crippen LogP contribution is -2.31. The molecule has 0 saturated carbocycles. The summed E-state index contributed by atoms with van der Waals surface area (Å²) in [5.41, 5.74) is 1.11. The molecule has 1 unspecified atom stereocenters. The minimum atomic E-state index is -0.380. The van der Waals surface area contributed by atoms with E-state index >= 15 is 0 Å². The first kappa shape index (κ1) is 16.5. The van der Waals surface area contributed by atoms with Crippen molar-refractivity contribution >= 4 is 16.9 Å². The molecular formula is C19H18FN3O3. The number of carbonyl (C=O) groups excluding carboxylic acids is 1. The summed E-state index contributed by atoms with van der Waals surface area (Å²) in [7, 11) is 0. The van der Waals surface area contributed by atoms with Crippen LogP contribution in [0.4, 0.5) is 4.39 Å². The third kappa shape index (κ3) is 3.13. The predicted molar refractivity (Wildman–Crippen MR) is 95.2 cm³/mol. The Labute approximate surface area is 148 Å². The summed E-state index contributed by atoms with van der Waals surface area (Å²) < 4.78 is 20.1. The standard InChI is InChI=1S/C19H18FN3O3/c20-13-4-6-14(7-5-13)23-17(24)8-3-12-10-16(22-18(12)23)19(25)21-11-15-2-1-9-26-15/h3-8,10,15,22H,1-2,9,11H2,(H,21,25). The van der Waals surface area contributed by atoms with Crippen LogP contribution in [-0.4, -0.2) is 34.7 Å². The second-order valence-electron chi connectivity index (χ2n) is 6.32. The highest BCUT2D eigenvalue weighted by atomic mass is 19.1. The Morgan fingerprint density at radius 3 is 2.81 bits per heavy atom. The normalized spacial score (nSPS) is 16.9. The molecule has 1 atom stereocenters. The Hall–Kier alpha value is -2.93. The number of nitrogens with zero attached hydrogens (tertiary/aromatic N) is 1. The van der Waals surface area contributed by atoms with Crippen molar-refractivity contribution in [1.29, 1.82) is 0 Å². The molecule has 0 spiro atoms. The molecular weight excluding hydrogens is 337 g/mol. The van der Waals surface area contributed by atoms with Crippen molar-refractivity contribution < 1.29 is 13.9 Å². The van der Waals surface area contributed by atoms with E-state index in [0.29, 0.717) is 23.6 Å². The van der Waals surface area contributed by atoms with Crippen molar-refractivity contribution in [2.75, 3.05) is 13.2 Å². The zero-order valence-corrected chi connectivity index (χ0v) is 14.0. The molecule has 134 valence electrons. The Balaban J connectivity index is 1.66. The van der Waals surface area contributed by atoms with E-state index < -0.39 is 0 Å². The summed E-state index contributed by atoms with van der Waals surface area (Å²) in [6.07, 6.45) is 2.01. The molecule has 0 radical (unpaired) electrons. The molecule has 2 aromatic heterocycles. The fourth-order valence-corrected chi connectivity index (χ4v) is 3.19. The van der Waals surface area contributed by atoms with Crippen LogP contribution >= 0.6 is 0 Å². The van der Waals surface area contributed by atoms with E-state index in [0.717, 1.165) is 24.8 Å². The van der Waals surface area contributed by atoms with E-state index in [1.165, 1.54) is 34.9 Å². The van der Waals surface area contributed by atoms with Crippen LogP contribution < -0.4 is 10.9 Å². The molecule has 3 aromatic rings. The number of H-pyrrole nitrogens is 1. The number of halogens is 1. The average molecular weight is 355 g/mol. The van der Waals surface area contributed by atoms with Gasteiger partial charge in [-0.15, -0.1) is 0 Å². The third-order valence-corrected chi connectivity index (χ3v) is 4.52. The van der Waals surface area contributed by atoms with E-state index in [-0.39, 0.29) is 23.4 Å². The summed E-state index contributed by atoms with van der Waals surface area (Å²) in [6, 6.07) is 10.4. The Kier molecular flexibility index (Phi) is 4.30. The molecule has 1 saturated heterocycles. The number of rotatable bonds is 4. The maximum atomic E-state index is 13.2. The SMILES string of the molecule is O=C(NCC1CCCO1)c1cc2ccc(=O)n(-c3ccc(F)cc3)c2[nH]1. The lowest BCUT2D eigenvalue weighted by molar-refractivity contribution is 0.0854. The molecule has 3 heterocycles. The minimum Gasteiger partial charge on any atom is -0.376 e. The van der Waals surface area contributed by atoms with Crippen molar-refractivity contribution in [1.82, 2.24) is 14.9 Å². The first-order valence-corrected chi connectivity index (χ1v) is 8.52. The third-order valence-electron chi connectivity index (χ3n) is 4.52. The van der Waals surface area contributed by atoms with E-state index in [2.05, 4.69) is 10.3 Å². The van der Waals surface area contributed by atoms with Gasteiger partial charge in [0.2, 0.25) is 0 Å². The van der Waals surface area contributed by atoms with E-state index in [1.807, 2.05) is 0 Å². The molecule has 0 bridgehead atoms. The number of carbonyl (C=O) groups is 1. The highest BCUT2D eigenvalue weighted by molar-refractivity contribution is 5.97. The number of ether oxygens (including phenoxy) is 1. The van der Waals surface area contributed by atoms with Crippen molar-refractivity contribution in [3.63, 3.8) is 0 Å². The lowest BCUT2D eigenvalue weighted by Gasteiger charge is -2.10. The number of hydrogen-bond donors (Lipinski definition) is 2. The van der Waals surface area contributed by atoms with Crippen LogP contribution in [0.3, 0.4) is 0 Å². The fourth-order valence-electron chi connectivity index (χ4n) is 3.19. The molecule has 1 aromatic carbocycles. The van der Waals surface area contributed by atoms with Crippen molar-refractivity contribution in [3.8, 4) is 5.69 Å². The van der Waals surface area contributed by atoms with Crippen LogP contribution in [0.15, 0.2) is 47.3 Å². The first-order chi connectivity index (χ1) is 12.6. The van der Waals surface area contributed by atoms with Gasteiger partial charge < -0.3 is 15.0 Å². The highest BCUT2D eigenvalue weighted by Gasteiger charge is 2.18. The van der Waals surface area contributed by atoms with Crippen LogP contribution in [0.5, 0.6) is 0 Å².